The third kappa shape index (κ3) is 6.35. The molecule has 0 amide bonds. The van der Waals surface area contributed by atoms with Gasteiger partial charge in [-0.2, -0.15) is 0 Å². The van der Waals surface area contributed by atoms with Crippen LogP contribution in [0.15, 0.2) is 65.7 Å². The predicted octanol–water partition coefficient (Wildman–Crippen LogP) is 0.583. The Morgan fingerprint density at radius 2 is 1.23 bits per heavy atom. The van der Waals surface area contributed by atoms with Gasteiger partial charge in [0, 0.05) is 18.1 Å². The first kappa shape index (κ1) is 22.9. The molecule has 0 aromatic heterocycles. The van der Waals surface area contributed by atoms with Crippen LogP contribution in [0.3, 0.4) is 0 Å². The summed E-state index contributed by atoms with van der Waals surface area (Å²) in [4.78, 5) is 5.31. The summed E-state index contributed by atoms with van der Waals surface area (Å²) in [5.41, 5.74) is 3.04. The van der Waals surface area contributed by atoms with Gasteiger partial charge in [-0.05, 0) is 12.8 Å². The second-order valence-electron chi connectivity index (χ2n) is 8.41. The summed E-state index contributed by atoms with van der Waals surface area (Å²) in [6.45, 7) is 5.54. The van der Waals surface area contributed by atoms with Gasteiger partial charge in [-0.25, -0.2) is 23.6 Å². The Morgan fingerprint density at radius 3 is 1.67 bits per heavy atom. The van der Waals surface area contributed by atoms with Crippen LogP contribution in [0.4, 0.5) is 0 Å². The highest BCUT2D eigenvalue weighted by molar-refractivity contribution is 5.75. The summed E-state index contributed by atoms with van der Waals surface area (Å²) >= 11 is 0. The minimum absolute atomic E-state index is 0.200. The monoisotopic (exact) mass is 432 g/mol. The second-order valence-corrected chi connectivity index (χ2v) is 9.17. The molecule has 1 aliphatic carbocycles. The molecule has 7 heteroatoms. The minimum atomic E-state index is -4.94. The molecule has 1 saturated carbocycles. The fraction of sp³-hybridized carbons (Fsp3) is 0.435. The first-order chi connectivity index (χ1) is 14.2. The Balaban J connectivity index is 0.000000461. The number of quaternary nitrogens is 1. The van der Waals surface area contributed by atoms with Crippen molar-refractivity contribution in [3.8, 4) is 0 Å². The van der Waals surface area contributed by atoms with Crippen molar-refractivity contribution in [2.45, 2.75) is 57.7 Å². The van der Waals surface area contributed by atoms with Crippen molar-refractivity contribution in [1.82, 2.24) is 0 Å². The van der Waals surface area contributed by atoms with Gasteiger partial charge in [-0.15, -0.1) is 10.2 Å². The van der Waals surface area contributed by atoms with Gasteiger partial charge in [0.25, 0.3) is 0 Å². The van der Waals surface area contributed by atoms with Crippen LogP contribution in [0.25, 0.3) is 0 Å². The molecular formula is C23H29ClN2O4. The molecule has 1 heterocycles. The maximum Gasteiger partial charge on any atom is 0.196 e. The van der Waals surface area contributed by atoms with Crippen molar-refractivity contribution in [1.29, 1.82) is 0 Å². The second kappa shape index (κ2) is 9.56. The fourth-order valence-electron chi connectivity index (χ4n) is 4.90. The van der Waals surface area contributed by atoms with Crippen LogP contribution in [0, 0.1) is 10.2 Å². The molecule has 30 heavy (non-hydrogen) atoms. The largest absolute Gasteiger partial charge is 0.269 e. The predicted molar refractivity (Wildman–Crippen MR) is 104 cm³/mol. The van der Waals surface area contributed by atoms with Crippen LogP contribution < -0.4 is 18.6 Å². The van der Waals surface area contributed by atoms with E-state index >= 15 is 0 Å². The van der Waals surface area contributed by atoms with E-state index in [2.05, 4.69) is 67.6 Å². The number of hydrogen-bond donors (Lipinski definition) is 0. The van der Waals surface area contributed by atoms with Crippen LogP contribution in [0.2, 0.25) is 0 Å². The quantitative estimate of drug-likeness (QED) is 0.659. The molecular weight excluding hydrogens is 404 g/mol. The molecule has 2 aromatic carbocycles. The smallest absolute Gasteiger partial charge is 0.196 e. The number of nitrogens with zero attached hydrogens (tertiary/aromatic N) is 2. The zero-order valence-corrected chi connectivity index (χ0v) is 18.1. The van der Waals surface area contributed by atoms with Crippen LogP contribution in [0.5, 0.6) is 0 Å². The Morgan fingerprint density at radius 1 is 0.800 bits per heavy atom. The highest BCUT2D eigenvalue weighted by Gasteiger charge is 2.50. The first-order valence-corrected chi connectivity index (χ1v) is 11.6. The average molecular weight is 433 g/mol. The molecule has 6 nitrogen and oxygen atoms in total. The lowest BCUT2D eigenvalue weighted by atomic mass is 9.82. The van der Waals surface area contributed by atoms with Crippen LogP contribution in [-0.2, 0) is 13.1 Å². The molecule has 2 aromatic rings. The van der Waals surface area contributed by atoms with Crippen molar-refractivity contribution in [2.75, 3.05) is 6.54 Å². The Labute approximate surface area is 180 Å². The average Bonchev–Trinajstić information content (AvgIpc) is 2.93. The SMILES string of the molecule is CC1=NC2(CCCCC2)C[N+]1(Cc1ccccc1)Cc1ccccc1.[O-][Cl+3]([O-])([O-])[O-]. The molecule has 2 aliphatic rings. The van der Waals surface area contributed by atoms with Crippen molar-refractivity contribution in [3.05, 3.63) is 71.8 Å². The zero-order valence-electron chi connectivity index (χ0n) is 17.3. The van der Waals surface area contributed by atoms with E-state index in [-0.39, 0.29) is 5.54 Å². The maximum absolute atomic E-state index is 8.49. The fourth-order valence-corrected chi connectivity index (χ4v) is 4.90. The molecule has 1 fully saturated rings. The summed E-state index contributed by atoms with van der Waals surface area (Å²) < 4.78 is 35.0. The Hall–Kier alpha value is -1.80. The lowest BCUT2D eigenvalue weighted by molar-refractivity contribution is -2.00. The van der Waals surface area contributed by atoms with E-state index in [0.717, 1.165) is 17.6 Å². The highest BCUT2D eigenvalue weighted by atomic mass is 35.7. The number of amidine groups is 1. The standard InChI is InChI=1S/C23H29N2.ClHO4/c1-20-24-23(15-9-4-10-16-23)19-25(20,17-21-11-5-2-6-12-21)18-22-13-7-3-8-14-22;2-1(3,4)5/h2-3,5-8,11-14H,4,9-10,15-19H2,1H3;(H,2,3,4,5)/q+1;/p-1. The van der Waals surface area contributed by atoms with Gasteiger partial charge in [0.1, 0.15) is 25.2 Å². The summed E-state index contributed by atoms with van der Waals surface area (Å²) in [6.07, 6.45) is 6.61. The molecule has 0 bridgehead atoms. The Bertz CT molecular complexity index is 784. The van der Waals surface area contributed by atoms with E-state index in [4.69, 9.17) is 23.6 Å². The molecule has 4 rings (SSSR count). The van der Waals surface area contributed by atoms with E-state index in [0.29, 0.717) is 0 Å². The van der Waals surface area contributed by atoms with E-state index in [1.807, 2.05) is 0 Å². The first-order valence-electron chi connectivity index (χ1n) is 10.3. The van der Waals surface area contributed by atoms with Crippen molar-refractivity contribution >= 4 is 5.84 Å². The van der Waals surface area contributed by atoms with Crippen molar-refractivity contribution < 1.29 is 33.4 Å². The molecule has 0 atom stereocenters. The zero-order chi connectivity index (χ0) is 21.7. The van der Waals surface area contributed by atoms with E-state index in [1.165, 1.54) is 55.6 Å². The lowest BCUT2D eigenvalue weighted by Gasteiger charge is -2.38. The van der Waals surface area contributed by atoms with Crippen LogP contribution in [-0.4, -0.2) is 22.4 Å². The summed E-state index contributed by atoms with van der Waals surface area (Å²) in [5.74, 6) is 1.33. The van der Waals surface area contributed by atoms with Gasteiger partial charge in [0.15, 0.2) is 5.84 Å². The minimum Gasteiger partial charge on any atom is -0.269 e. The highest BCUT2D eigenvalue weighted by Crippen LogP contribution is 2.41. The molecule has 0 N–H and O–H groups in total. The van der Waals surface area contributed by atoms with Gasteiger partial charge < -0.3 is 0 Å². The summed E-state index contributed by atoms with van der Waals surface area (Å²) in [6, 6.07) is 21.9. The third-order valence-corrected chi connectivity index (χ3v) is 6.12. The summed E-state index contributed by atoms with van der Waals surface area (Å²) in [5, 5.41) is 0. The number of halogens is 1. The molecule has 0 radical (unpaired) electrons. The lowest BCUT2D eigenvalue weighted by Crippen LogP contribution is -2.68. The number of rotatable bonds is 4. The maximum atomic E-state index is 8.49. The number of hydrogen-bond acceptors (Lipinski definition) is 5. The van der Waals surface area contributed by atoms with Gasteiger partial charge in [-0.1, -0.05) is 79.9 Å². The molecule has 0 unspecified atom stereocenters. The van der Waals surface area contributed by atoms with Crippen molar-refractivity contribution in [2.24, 2.45) is 4.99 Å². The molecule has 0 saturated heterocycles. The number of aliphatic imine (C=N–C) groups is 1. The summed E-state index contributed by atoms with van der Waals surface area (Å²) in [7, 11) is -4.94. The van der Waals surface area contributed by atoms with Gasteiger partial charge in [-0.3, -0.25) is 4.48 Å². The van der Waals surface area contributed by atoms with E-state index in [1.54, 1.807) is 0 Å². The van der Waals surface area contributed by atoms with Crippen molar-refractivity contribution in [3.63, 3.8) is 0 Å². The molecule has 1 aliphatic heterocycles. The van der Waals surface area contributed by atoms with Gasteiger partial charge in [0.2, 0.25) is 0 Å². The Kier molecular flexibility index (Phi) is 7.29. The van der Waals surface area contributed by atoms with Crippen LogP contribution in [0.1, 0.15) is 50.2 Å². The van der Waals surface area contributed by atoms with Gasteiger partial charge in [0.05, 0.1) is 0 Å². The topological polar surface area (TPSA) is 105 Å². The normalized spacial score (nSPS) is 19.7. The molecule has 162 valence electrons. The number of benzene rings is 2. The van der Waals surface area contributed by atoms with Crippen LogP contribution >= 0.6 is 0 Å². The van der Waals surface area contributed by atoms with E-state index in [9.17, 15) is 0 Å². The van der Waals surface area contributed by atoms with E-state index < -0.39 is 10.2 Å². The third-order valence-electron chi connectivity index (χ3n) is 6.12. The molecule has 1 spiro atoms. The van der Waals surface area contributed by atoms with Gasteiger partial charge >= 0.3 is 0 Å².